The fraction of sp³-hybridized carbons (Fsp3) is 0.176. The molecule has 0 bridgehead atoms. The number of rotatable bonds is 6. The van der Waals surface area contributed by atoms with Crippen LogP contribution in [0, 0.1) is 0 Å². The molecule has 2 aromatic carbocycles. The molecule has 0 saturated carbocycles. The van der Waals surface area contributed by atoms with Gasteiger partial charge in [-0.1, -0.05) is 29.3 Å². The van der Waals surface area contributed by atoms with Gasteiger partial charge in [-0.15, -0.1) is 0 Å². The molecule has 0 aromatic heterocycles. The maximum absolute atomic E-state index is 11.9. The smallest absolute Gasteiger partial charge is 0.347 e. The van der Waals surface area contributed by atoms with Crippen LogP contribution >= 0.6 is 23.2 Å². The van der Waals surface area contributed by atoms with E-state index in [1.165, 1.54) is 6.92 Å². The van der Waals surface area contributed by atoms with E-state index >= 15 is 0 Å². The predicted molar refractivity (Wildman–Crippen MR) is 92.6 cm³/mol. The molecule has 0 radical (unpaired) electrons. The van der Waals surface area contributed by atoms with Crippen LogP contribution in [-0.2, 0) is 14.3 Å². The molecule has 5 nitrogen and oxygen atoms in total. The minimum atomic E-state index is -0.856. The molecule has 0 aliphatic rings. The number of hydrogen-bond acceptors (Lipinski definition) is 4. The van der Waals surface area contributed by atoms with Gasteiger partial charge in [0, 0.05) is 15.7 Å². The zero-order valence-electron chi connectivity index (χ0n) is 12.8. The highest BCUT2D eigenvalue weighted by Gasteiger charge is 2.18. The summed E-state index contributed by atoms with van der Waals surface area (Å²) in [6, 6.07) is 13.2. The lowest BCUT2D eigenvalue weighted by atomic mass is 10.3. The fourth-order valence-corrected chi connectivity index (χ4v) is 2.10. The van der Waals surface area contributed by atoms with Gasteiger partial charge in [-0.25, -0.2) is 4.79 Å². The van der Waals surface area contributed by atoms with Crippen LogP contribution in [-0.4, -0.2) is 24.6 Å². The Morgan fingerprint density at radius 2 is 1.79 bits per heavy atom. The number of hydrogen-bond donors (Lipinski definition) is 1. The standard InChI is InChI=1S/C17H15Cl2NO4/c1-11(24-15-7-5-12(18)6-8-15)17(22)23-10-16(21)20-14-4-2-3-13(19)9-14/h2-9,11H,10H2,1H3,(H,20,21). The quantitative estimate of drug-likeness (QED) is 0.785. The monoisotopic (exact) mass is 367 g/mol. The van der Waals surface area contributed by atoms with E-state index in [4.69, 9.17) is 32.7 Å². The Morgan fingerprint density at radius 1 is 1.08 bits per heavy atom. The van der Waals surface area contributed by atoms with Crippen LogP contribution in [0.5, 0.6) is 5.75 Å². The van der Waals surface area contributed by atoms with Gasteiger partial charge in [0.15, 0.2) is 12.7 Å². The third kappa shape index (κ3) is 5.76. The third-order valence-corrected chi connectivity index (χ3v) is 3.40. The molecule has 1 amide bonds. The van der Waals surface area contributed by atoms with Crippen LogP contribution in [0.15, 0.2) is 48.5 Å². The van der Waals surface area contributed by atoms with Crippen molar-refractivity contribution in [1.82, 2.24) is 0 Å². The average Bonchev–Trinajstić information content (AvgIpc) is 2.54. The summed E-state index contributed by atoms with van der Waals surface area (Å²) in [6.07, 6.45) is -0.856. The van der Waals surface area contributed by atoms with Crippen molar-refractivity contribution in [1.29, 1.82) is 0 Å². The lowest BCUT2D eigenvalue weighted by Crippen LogP contribution is -2.29. The molecule has 1 N–H and O–H groups in total. The number of nitrogens with one attached hydrogen (secondary N) is 1. The van der Waals surface area contributed by atoms with Crippen molar-refractivity contribution >= 4 is 40.8 Å². The van der Waals surface area contributed by atoms with Gasteiger partial charge in [0.1, 0.15) is 5.75 Å². The molecule has 0 fully saturated rings. The Morgan fingerprint density at radius 3 is 2.46 bits per heavy atom. The maximum Gasteiger partial charge on any atom is 0.347 e. The number of halogens is 2. The van der Waals surface area contributed by atoms with Gasteiger partial charge in [-0.05, 0) is 49.4 Å². The Labute approximate surface area is 149 Å². The van der Waals surface area contributed by atoms with Gasteiger partial charge in [-0.3, -0.25) is 4.79 Å². The first-order valence-corrected chi connectivity index (χ1v) is 7.84. The second-order valence-corrected chi connectivity index (χ2v) is 5.75. The summed E-state index contributed by atoms with van der Waals surface area (Å²) < 4.78 is 10.3. The molecule has 0 saturated heterocycles. The molecule has 0 heterocycles. The van der Waals surface area contributed by atoms with E-state index in [2.05, 4.69) is 5.32 Å². The Hall–Kier alpha value is -2.24. The molecular formula is C17H15Cl2NO4. The highest BCUT2D eigenvalue weighted by molar-refractivity contribution is 6.31. The van der Waals surface area contributed by atoms with Crippen LogP contribution < -0.4 is 10.1 Å². The number of anilines is 1. The molecule has 2 aromatic rings. The summed E-state index contributed by atoms with van der Waals surface area (Å²) in [6.45, 7) is 1.12. The van der Waals surface area contributed by atoms with E-state index in [9.17, 15) is 9.59 Å². The lowest BCUT2D eigenvalue weighted by molar-refractivity contribution is -0.153. The summed E-state index contributed by atoms with van der Waals surface area (Å²) >= 11 is 11.6. The largest absolute Gasteiger partial charge is 0.479 e. The first-order valence-electron chi connectivity index (χ1n) is 7.08. The number of esters is 1. The topological polar surface area (TPSA) is 64.6 Å². The van der Waals surface area contributed by atoms with Crippen molar-refractivity contribution in [3.05, 3.63) is 58.6 Å². The lowest BCUT2D eigenvalue weighted by Gasteiger charge is -2.14. The number of carbonyl (C=O) groups is 2. The van der Waals surface area contributed by atoms with Crippen molar-refractivity contribution in [2.24, 2.45) is 0 Å². The minimum Gasteiger partial charge on any atom is -0.479 e. The van der Waals surface area contributed by atoms with Crippen LogP contribution in [0.2, 0.25) is 10.0 Å². The zero-order valence-corrected chi connectivity index (χ0v) is 14.3. The van der Waals surface area contributed by atoms with Crippen molar-refractivity contribution in [3.63, 3.8) is 0 Å². The van der Waals surface area contributed by atoms with E-state index < -0.39 is 24.6 Å². The SMILES string of the molecule is CC(Oc1ccc(Cl)cc1)C(=O)OCC(=O)Nc1cccc(Cl)c1. The Bertz CT molecular complexity index is 719. The maximum atomic E-state index is 11.9. The third-order valence-electron chi connectivity index (χ3n) is 2.91. The summed E-state index contributed by atoms with van der Waals surface area (Å²) in [5, 5.41) is 3.64. The second-order valence-electron chi connectivity index (χ2n) is 4.88. The van der Waals surface area contributed by atoms with Crippen LogP contribution in [0.1, 0.15) is 6.92 Å². The summed E-state index contributed by atoms with van der Waals surface area (Å²) in [4.78, 5) is 23.6. The second kappa shape index (κ2) is 8.57. The molecule has 0 aliphatic heterocycles. The van der Waals surface area contributed by atoms with Gasteiger partial charge in [-0.2, -0.15) is 0 Å². The van der Waals surface area contributed by atoms with Gasteiger partial charge in [0.2, 0.25) is 0 Å². The van der Waals surface area contributed by atoms with Gasteiger partial charge >= 0.3 is 5.97 Å². The predicted octanol–water partition coefficient (Wildman–Crippen LogP) is 3.94. The first-order chi connectivity index (χ1) is 11.4. The molecule has 0 aliphatic carbocycles. The van der Waals surface area contributed by atoms with Crippen molar-refractivity contribution in [3.8, 4) is 5.75 Å². The van der Waals surface area contributed by atoms with Crippen LogP contribution in [0.25, 0.3) is 0 Å². The van der Waals surface area contributed by atoms with E-state index in [0.29, 0.717) is 21.5 Å². The van der Waals surface area contributed by atoms with Crippen LogP contribution in [0.3, 0.4) is 0 Å². The van der Waals surface area contributed by atoms with Crippen LogP contribution in [0.4, 0.5) is 5.69 Å². The minimum absolute atomic E-state index is 0.417. The average molecular weight is 368 g/mol. The molecular weight excluding hydrogens is 353 g/mol. The fourth-order valence-electron chi connectivity index (χ4n) is 1.78. The highest BCUT2D eigenvalue weighted by Crippen LogP contribution is 2.17. The van der Waals surface area contributed by atoms with E-state index in [-0.39, 0.29) is 0 Å². The molecule has 7 heteroatoms. The number of amides is 1. The Balaban J connectivity index is 1.79. The van der Waals surface area contributed by atoms with E-state index in [0.717, 1.165) is 0 Å². The van der Waals surface area contributed by atoms with E-state index in [1.54, 1.807) is 48.5 Å². The summed E-state index contributed by atoms with van der Waals surface area (Å²) in [7, 11) is 0. The molecule has 24 heavy (non-hydrogen) atoms. The highest BCUT2D eigenvalue weighted by atomic mass is 35.5. The number of benzene rings is 2. The van der Waals surface area contributed by atoms with Crippen molar-refractivity contribution < 1.29 is 19.1 Å². The number of ether oxygens (including phenoxy) is 2. The molecule has 1 atom stereocenters. The van der Waals surface area contributed by atoms with Crippen molar-refractivity contribution in [2.75, 3.05) is 11.9 Å². The van der Waals surface area contributed by atoms with Crippen molar-refractivity contribution in [2.45, 2.75) is 13.0 Å². The van der Waals surface area contributed by atoms with Gasteiger partial charge in [0.05, 0.1) is 0 Å². The molecule has 2 rings (SSSR count). The van der Waals surface area contributed by atoms with E-state index in [1.807, 2.05) is 0 Å². The van der Waals surface area contributed by atoms with Gasteiger partial charge < -0.3 is 14.8 Å². The molecule has 0 spiro atoms. The molecule has 126 valence electrons. The Kier molecular flexibility index (Phi) is 6.46. The molecule has 1 unspecified atom stereocenters. The summed E-state index contributed by atoms with van der Waals surface area (Å²) in [5.41, 5.74) is 0.522. The normalized spacial score (nSPS) is 11.5. The van der Waals surface area contributed by atoms with Gasteiger partial charge in [0.25, 0.3) is 5.91 Å². The first kappa shape index (κ1) is 18.1. The summed E-state index contributed by atoms with van der Waals surface area (Å²) in [5.74, 6) is -0.636. The zero-order chi connectivity index (χ0) is 17.5. The number of carbonyl (C=O) groups excluding carboxylic acids is 2.